The molecule has 7 nitrogen and oxygen atoms in total. The summed E-state index contributed by atoms with van der Waals surface area (Å²) in [7, 11) is 0. The molecule has 1 atom stereocenters. The van der Waals surface area contributed by atoms with Crippen molar-refractivity contribution < 1.29 is 4.79 Å². The Balaban J connectivity index is 1.75. The van der Waals surface area contributed by atoms with Crippen molar-refractivity contribution in [1.29, 1.82) is 0 Å². The zero-order valence-electron chi connectivity index (χ0n) is 12.6. The molecule has 0 aromatic carbocycles. The van der Waals surface area contributed by atoms with Crippen LogP contribution in [0.25, 0.3) is 0 Å². The molecule has 21 heavy (non-hydrogen) atoms. The summed E-state index contributed by atoms with van der Waals surface area (Å²) < 4.78 is 1.70. The van der Waals surface area contributed by atoms with E-state index in [1.165, 1.54) is 5.56 Å². The second-order valence-electron chi connectivity index (χ2n) is 6.45. The largest absolute Gasteiger partial charge is 0.342 e. The Labute approximate surface area is 123 Å². The van der Waals surface area contributed by atoms with Crippen molar-refractivity contribution in [3.63, 3.8) is 0 Å². The maximum atomic E-state index is 12.3. The minimum Gasteiger partial charge on any atom is -0.342 e. The first-order valence-electron chi connectivity index (χ1n) is 7.21. The Kier molecular flexibility index (Phi) is 3.27. The lowest BCUT2D eigenvalue weighted by Gasteiger charge is -2.22. The Morgan fingerprint density at radius 1 is 1.48 bits per heavy atom. The number of rotatable bonds is 2. The third kappa shape index (κ3) is 2.68. The lowest BCUT2D eigenvalue weighted by molar-refractivity contribution is 0.0926. The van der Waals surface area contributed by atoms with E-state index in [-0.39, 0.29) is 17.5 Å². The lowest BCUT2D eigenvalue weighted by atomic mass is 9.93. The van der Waals surface area contributed by atoms with Gasteiger partial charge in [0, 0.05) is 0 Å². The number of hydrogen-bond acceptors (Lipinski definition) is 4. The maximum Gasteiger partial charge on any atom is 0.273 e. The van der Waals surface area contributed by atoms with E-state index in [4.69, 9.17) is 0 Å². The van der Waals surface area contributed by atoms with Crippen molar-refractivity contribution in [3.05, 3.63) is 29.3 Å². The number of nitrogens with one attached hydrogen (secondary N) is 2. The van der Waals surface area contributed by atoms with E-state index >= 15 is 0 Å². The first-order chi connectivity index (χ1) is 9.95. The van der Waals surface area contributed by atoms with Gasteiger partial charge in [0.05, 0.1) is 29.7 Å². The van der Waals surface area contributed by atoms with Crippen LogP contribution in [0, 0.1) is 0 Å². The average molecular weight is 288 g/mol. The number of nitrogens with zero attached hydrogens (tertiary/aromatic N) is 4. The normalized spacial score (nSPS) is 18.3. The van der Waals surface area contributed by atoms with Crippen LogP contribution in [0.5, 0.6) is 0 Å². The maximum absolute atomic E-state index is 12.3. The van der Waals surface area contributed by atoms with Crippen LogP contribution in [-0.2, 0) is 12.0 Å². The zero-order chi connectivity index (χ0) is 15.0. The van der Waals surface area contributed by atoms with Gasteiger partial charge in [-0.2, -0.15) is 5.10 Å². The fraction of sp³-hybridized carbons (Fsp3) is 0.571. The molecule has 2 aromatic rings. The average Bonchev–Trinajstić information content (AvgIpc) is 3.07. The van der Waals surface area contributed by atoms with Gasteiger partial charge < -0.3 is 5.32 Å². The SMILES string of the molecule is CC(C)(C)n1cc(C(=O)NC2CCCc3cn[nH]c32)nn1. The first-order valence-corrected chi connectivity index (χ1v) is 7.21. The van der Waals surface area contributed by atoms with Gasteiger partial charge in [-0.3, -0.25) is 9.89 Å². The summed E-state index contributed by atoms with van der Waals surface area (Å²) in [6.07, 6.45) is 6.49. The molecule has 7 heteroatoms. The van der Waals surface area contributed by atoms with Crippen LogP contribution in [0.3, 0.4) is 0 Å². The lowest BCUT2D eigenvalue weighted by Crippen LogP contribution is -2.31. The summed E-state index contributed by atoms with van der Waals surface area (Å²) in [5.74, 6) is -0.196. The first kappa shape index (κ1) is 13.8. The molecule has 112 valence electrons. The van der Waals surface area contributed by atoms with Gasteiger partial charge in [0.25, 0.3) is 5.91 Å². The van der Waals surface area contributed by atoms with Gasteiger partial charge in [0.2, 0.25) is 0 Å². The molecule has 0 fully saturated rings. The third-order valence-corrected chi connectivity index (χ3v) is 3.76. The van der Waals surface area contributed by atoms with Gasteiger partial charge in [-0.25, -0.2) is 4.68 Å². The standard InChI is InChI=1S/C14H20N6O/c1-14(2,3)20-8-11(17-19-20)13(21)16-10-6-4-5-9-7-15-18-12(9)10/h7-8,10H,4-6H2,1-3H3,(H,15,18)(H,16,21). The topological polar surface area (TPSA) is 88.5 Å². The zero-order valence-corrected chi connectivity index (χ0v) is 12.6. The number of fused-ring (bicyclic) bond motifs is 1. The van der Waals surface area contributed by atoms with E-state index in [0.29, 0.717) is 5.69 Å². The molecule has 2 heterocycles. The second-order valence-corrected chi connectivity index (χ2v) is 6.45. The number of aryl methyl sites for hydroxylation is 1. The molecule has 1 aliphatic carbocycles. The molecule has 0 saturated heterocycles. The molecule has 0 aliphatic heterocycles. The van der Waals surface area contributed by atoms with Crippen LogP contribution in [0.2, 0.25) is 0 Å². The number of aromatic nitrogens is 5. The predicted molar refractivity (Wildman–Crippen MR) is 76.8 cm³/mol. The fourth-order valence-corrected chi connectivity index (χ4v) is 2.54. The van der Waals surface area contributed by atoms with E-state index in [0.717, 1.165) is 25.0 Å². The summed E-state index contributed by atoms with van der Waals surface area (Å²) in [4.78, 5) is 12.3. The van der Waals surface area contributed by atoms with Crippen molar-refractivity contribution in [2.45, 2.75) is 51.6 Å². The Morgan fingerprint density at radius 2 is 2.29 bits per heavy atom. The van der Waals surface area contributed by atoms with Gasteiger partial charge in [-0.05, 0) is 45.6 Å². The summed E-state index contributed by atoms with van der Waals surface area (Å²) in [6, 6.07) is -0.0245. The number of H-pyrrole nitrogens is 1. The van der Waals surface area contributed by atoms with Crippen molar-refractivity contribution in [3.8, 4) is 0 Å². The summed E-state index contributed by atoms with van der Waals surface area (Å²) in [6.45, 7) is 6.05. The van der Waals surface area contributed by atoms with Gasteiger partial charge >= 0.3 is 0 Å². The molecule has 1 aliphatic rings. The van der Waals surface area contributed by atoms with Gasteiger partial charge in [-0.1, -0.05) is 5.21 Å². The molecule has 0 radical (unpaired) electrons. The summed E-state index contributed by atoms with van der Waals surface area (Å²) in [5.41, 5.74) is 2.35. The number of carbonyl (C=O) groups excluding carboxylic acids is 1. The molecule has 0 saturated carbocycles. The molecule has 0 bridgehead atoms. The van der Waals surface area contributed by atoms with Crippen LogP contribution < -0.4 is 5.32 Å². The van der Waals surface area contributed by atoms with E-state index in [2.05, 4.69) is 25.8 Å². The Bertz CT molecular complexity index is 650. The number of aromatic amines is 1. The molecule has 0 spiro atoms. The molecular weight excluding hydrogens is 268 g/mol. The van der Waals surface area contributed by atoms with Crippen LogP contribution >= 0.6 is 0 Å². The molecule has 2 aromatic heterocycles. The highest BCUT2D eigenvalue weighted by Crippen LogP contribution is 2.27. The highest BCUT2D eigenvalue weighted by Gasteiger charge is 2.25. The van der Waals surface area contributed by atoms with Crippen LogP contribution in [0.4, 0.5) is 0 Å². The van der Waals surface area contributed by atoms with E-state index in [9.17, 15) is 4.79 Å². The molecule has 3 rings (SSSR count). The van der Waals surface area contributed by atoms with E-state index < -0.39 is 0 Å². The molecule has 1 unspecified atom stereocenters. The van der Waals surface area contributed by atoms with Gasteiger partial charge in [-0.15, -0.1) is 5.10 Å². The monoisotopic (exact) mass is 288 g/mol. The van der Waals surface area contributed by atoms with Gasteiger partial charge in [0.15, 0.2) is 5.69 Å². The van der Waals surface area contributed by atoms with Crippen molar-refractivity contribution in [2.75, 3.05) is 0 Å². The van der Waals surface area contributed by atoms with E-state index in [1.54, 1.807) is 10.9 Å². The predicted octanol–water partition coefficient (Wildman–Crippen LogP) is 1.56. The number of carbonyl (C=O) groups is 1. The Morgan fingerprint density at radius 3 is 3.00 bits per heavy atom. The summed E-state index contributed by atoms with van der Waals surface area (Å²) in [5, 5.41) is 18.1. The highest BCUT2D eigenvalue weighted by atomic mass is 16.2. The Hall–Kier alpha value is -2.18. The quantitative estimate of drug-likeness (QED) is 0.877. The number of amides is 1. The van der Waals surface area contributed by atoms with Crippen LogP contribution in [0.1, 0.15) is 61.4 Å². The number of hydrogen-bond donors (Lipinski definition) is 2. The van der Waals surface area contributed by atoms with Crippen LogP contribution in [-0.4, -0.2) is 31.1 Å². The van der Waals surface area contributed by atoms with Crippen molar-refractivity contribution >= 4 is 5.91 Å². The second kappa shape index (κ2) is 4.98. The fourth-order valence-electron chi connectivity index (χ4n) is 2.54. The van der Waals surface area contributed by atoms with E-state index in [1.807, 2.05) is 27.0 Å². The van der Waals surface area contributed by atoms with Crippen molar-refractivity contribution in [2.24, 2.45) is 0 Å². The van der Waals surface area contributed by atoms with Crippen LogP contribution in [0.15, 0.2) is 12.4 Å². The highest BCUT2D eigenvalue weighted by molar-refractivity contribution is 5.92. The molecule has 2 N–H and O–H groups in total. The van der Waals surface area contributed by atoms with Crippen molar-refractivity contribution in [1.82, 2.24) is 30.5 Å². The third-order valence-electron chi connectivity index (χ3n) is 3.76. The minimum atomic E-state index is -0.196. The summed E-state index contributed by atoms with van der Waals surface area (Å²) >= 11 is 0. The molecule has 1 amide bonds. The smallest absolute Gasteiger partial charge is 0.273 e. The minimum absolute atomic E-state index is 0.0245. The van der Waals surface area contributed by atoms with Gasteiger partial charge in [0.1, 0.15) is 0 Å². The molecular formula is C14H20N6O.